The Balaban J connectivity index is -0.0000000899. The average molecular weight is 288 g/mol. The van der Waals surface area contributed by atoms with Crippen molar-refractivity contribution in [2.24, 2.45) is 0 Å². The first-order chi connectivity index (χ1) is 9.19. The molecule has 0 saturated carbocycles. The van der Waals surface area contributed by atoms with Crippen molar-refractivity contribution in [3.8, 4) is 0 Å². The number of carbonyl (C=O) groups excluding carboxylic acids is 2. The van der Waals surface area contributed by atoms with E-state index in [-0.39, 0.29) is 17.7 Å². The van der Waals surface area contributed by atoms with Crippen molar-refractivity contribution in [2.75, 3.05) is 0 Å². The van der Waals surface area contributed by atoms with E-state index in [0.29, 0.717) is 0 Å². The van der Waals surface area contributed by atoms with E-state index in [0.717, 1.165) is 12.5 Å². The second-order valence-electron chi connectivity index (χ2n) is 2.77. The summed E-state index contributed by atoms with van der Waals surface area (Å²) in [6.45, 7) is 15.2. The van der Waals surface area contributed by atoms with Gasteiger partial charge in [0.2, 0.25) is 0 Å². The minimum atomic E-state index is -0.329. The number of ether oxygens (including phenoxy) is 2. The predicted octanol–water partition coefficient (Wildman–Crippen LogP) is 3.54. The highest BCUT2D eigenvalue weighted by molar-refractivity contribution is 5.66. The van der Waals surface area contributed by atoms with E-state index in [1.54, 1.807) is 13.0 Å². The Morgan fingerprint density at radius 2 is 1.35 bits per heavy atom. The van der Waals surface area contributed by atoms with E-state index in [1.165, 1.54) is 27.0 Å². The molecule has 0 aliphatic rings. The highest BCUT2D eigenvalue weighted by Gasteiger charge is 1.80. The lowest BCUT2D eigenvalue weighted by Crippen LogP contribution is -1.88. The van der Waals surface area contributed by atoms with E-state index in [9.17, 15) is 9.59 Å². The molecular weight excluding hydrogens is 264 g/mol. The lowest BCUT2D eigenvalue weighted by atomic mass is 10.7. The van der Waals surface area contributed by atoms with Gasteiger partial charge in [-0.2, -0.15) is 0 Å². The molecular formula is C14H24O6. The van der Waals surface area contributed by atoms with Crippen LogP contribution in [0.3, 0.4) is 0 Å². The molecule has 0 aromatic heterocycles. The van der Waals surface area contributed by atoms with Crippen LogP contribution in [-0.4, -0.2) is 22.2 Å². The van der Waals surface area contributed by atoms with Crippen LogP contribution in [0.25, 0.3) is 0 Å². The molecule has 0 heterocycles. The normalized spacial score (nSPS) is 7.20. The van der Waals surface area contributed by atoms with E-state index in [1.807, 2.05) is 0 Å². The Morgan fingerprint density at radius 3 is 1.40 bits per heavy atom. The molecule has 0 atom stereocenters. The molecule has 0 aromatic carbocycles. The van der Waals surface area contributed by atoms with Gasteiger partial charge in [-0.1, -0.05) is 25.8 Å². The van der Waals surface area contributed by atoms with Crippen LogP contribution < -0.4 is 0 Å². The molecule has 0 radical (unpaired) electrons. The number of aliphatic hydroxyl groups is 2. The van der Waals surface area contributed by atoms with Crippen molar-refractivity contribution < 1.29 is 29.3 Å². The molecule has 0 aliphatic carbocycles. The van der Waals surface area contributed by atoms with Gasteiger partial charge in [-0.15, -0.1) is 0 Å². The monoisotopic (exact) mass is 288 g/mol. The number of hydrogen-bond donors (Lipinski definition) is 2. The van der Waals surface area contributed by atoms with Gasteiger partial charge < -0.3 is 19.7 Å². The number of esters is 2. The fourth-order valence-corrected chi connectivity index (χ4v) is 0.281. The molecule has 6 heteroatoms. The van der Waals surface area contributed by atoms with Gasteiger partial charge in [-0.05, 0) is 13.8 Å². The standard InChI is InChI=1S/C5H8O2.C4H6O2.C3H6O.C2H4O/c1-3-4-7-5(2)6;1-3-6-4(2)5;1-3(2)4;1-2-3/h3-4H,1-2H3;3H,1H2,2H3;4H,1H2,2H3;2-3H,1H2. The van der Waals surface area contributed by atoms with Crippen LogP contribution in [0, 0.1) is 0 Å². The summed E-state index contributed by atoms with van der Waals surface area (Å²) in [5.41, 5.74) is 0. The molecule has 0 aliphatic heterocycles. The lowest BCUT2D eigenvalue weighted by molar-refractivity contribution is -0.136. The van der Waals surface area contributed by atoms with Crippen molar-refractivity contribution in [3.05, 3.63) is 50.4 Å². The van der Waals surface area contributed by atoms with Crippen LogP contribution in [0.15, 0.2) is 50.4 Å². The van der Waals surface area contributed by atoms with Crippen molar-refractivity contribution in [1.29, 1.82) is 0 Å². The third-order valence-corrected chi connectivity index (χ3v) is 0.619. The molecule has 0 bridgehead atoms. The van der Waals surface area contributed by atoms with Gasteiger partial charge in [-0.3, -0.25) is 9.59 Å². The largest absolute Gasteiger partial charge is 0.516 e. The molecule has 0 amide bonds. The van der Waals surface area contributed by atoms with Gasteiger partial charge in [0.1, 0.15) is 0 Å². The zero-order valence-electron chi connectivity index (χ0n) is 12.5. The zero-order chi connectivity index (χ0) is 17.0. The van der Waals surface area contributed by atoms with Crippen LogP contribution >= 0.6 is 0 Å². The van der Waals surface area contributed by atoms with E-state index < -0.39 is 0 Å². The first kappa shape index (κ1) is 26.1. The summed E-state index contributed by atoms with van der Waals surface area (Å²) in [5, 5.41) is 15.2. The molecule has 0 spiro atoms. The molecule has 116 valence electrons. The quantitative estimate of drug-likeness (QED) is 0.596. The number of aliphatic hydroxyl groups excluding tert-OH is 2. The van der Waals surface area contributed by atoms with E-state index in [4.69, 9.17) is 10.2 Å². The van der Waals surface area contributed by atoms with Gasteiger partial charge in [0.25, 0.3) is 0 Å². The third kappa shape index (κ3) is 161. The third-order valence-electron chi connectivity index (χ3n) is 0.619. The topological polar surface area (TPSA) is 93.1 Å². The fourth-order valence-electron chi connectivity index (χ4n) is 0.281. The van der Waals surface area contributed by atoms with Crippen LogP contribution in [-0.2, 0) is 19.1 Å². The summed E-state index contributed by atoms with van der Waals surface area (Å²) in [6, 6.07) is 0. The maximum Gasteiger partial charge on any atom is 0.307 e. The molecule has 0 rings (SSSR count). The number of hydrogen-bond acceptors (Lipinski definition) is 6. The Kier molecular flexibility index (Phi) is 33.2. The minimum Gasteiger partial charge on any atom is -0.516 e. The summed E-state index contributed by atoms with van der Waals surface area (Å²) in [7, 11) is 0. The predicted molar refractivity (Wildman–Crippen MR) is 78.8 cm³/mol. The van der Waals surface area contributed by atoms with Gasteiger partial charge in [0, 0.05) is 13.8 Å². The fraction of sp³-hybridized carbons (Fsp3) is 0.286. The maximum atomic E-state index is 9.93. The van der Waals surface area contributed by atoms with Gasteiger partial charge >= 0.3 is 11.9 Å². The Morgan fingerprint density at radius 1 is 1.05 bits per heavy atom. The molecule has 0 saturated heterocycles. The van der Waals surface area contributed by atoms with E-state index in [2.05, 4.69) is 29.2 Å². The van der Waals surface area contributed by atoms with Crippen LogP contribution in [0.1, 0.15) is 27.7 Å². The van der Waals surface area contributed by atoms with Gasteiger partial charge in [0.15, 0.2) is 0 Å². The molecule has 0 fully saturated rings. The highest BCUT2D eigenvalue weighted by Crippen LogP contribution is 1.75. The summed E-state index contributed by atoms with van der Waals surface area (Å²) in [4.78, 5) is 19.7. The Labute approximate surface area is 120 Å². The van der Waals surface area contributed by atoms with Crippen LogP contribution in [0.4, 0.5) is 0 Å². The Hall–Kier alpha value is -2.50. The van der Waals surface area contributed by atoms with Crippen LogP contribution in [0.5, 0.6) is 0 Å². The van der Waals surface area contributed by atoms with Crippen LogP contribution in [0.2, 0.25) is 0 Å². The molecule has 0 unspecified atom stereocenters. The summed E-state index contributed by atoms with van der Waals surface area (Å²) >= 11 is 0. The lowest BCUT2D eigenvalue weighted by Gasteiger charge is -1.85. The Bertz CT molecular complexity index is 301. The smallest absolute Gasteiger partial charge is 0.307 e. The number of rotatable bonds is 2. The van der Waals surface area contributed by atoms with Gasteiger partial charge in [0.05, 0.1) is 24.5 Å². The number of allylic oxidation sites excluding steroid dienone is 2. The van der Waals surface area contributed by atoms with Crippen molar-refractivity contribution in [3.63, 3.8) is 0 Å². The summed E-state index contributed by atoms with van der Waals surface area (Å²) in [6.07, 6.45) is 4.85. The van der Waals surface area contributed by atoms with Crippen molar-refractivity contribution >= 4 is 11.9 Å². The second-order valence-corrected chi connectivity index (χ2v) is 2.77. The molecule has 2 N–H and O–H groups in total. The van der Waals surface area contributed by atoms with Crippen molar-refractivity contribution in [2.45, 2.75) is 27.7 Å². The summed E-state index contributed by atoms with van der Waals surface area (Å²) in [5.74, 6) is -0.442. The average Bonchev–Trinajstić information content (AvgIpc) is 2.27. The SMILES string of the molecule is C=C(C)O.C=CO.C=COC(C)=O.CC=COC(C)=O. The number of carbonyl (C=O) groups is 2. The summed E-state index contributed by atoms with van der Waals surface area (Å²) < 4.78 is 8.54. The molecule has 0 aromatic rings. The zero-order valence-corrected chi connectivity index (χ0v) is 12.5. The van der Waals surface area contributed by atoms with Gasteiger partial charge in [-0.25, -0.2) is 0 Å². The van der Waals surface area contributed by atoms with Crippen molar-refractivity contribution in [1.82, 2.24) is 0 Å². The maximum absolute atomic E-state index is 9.93. The first-order valence-electron chi connectivity index (χ1n) is 5.35. The highest BCUT2D eigenvalue weighted by atomic mass is 16.5. The second kappa shape index (κ2) is 25.4. The minimum absolute atomic E-state index is 0.167. The first-order valence-corrected chi connectivity index (χ1v) is 5.35. The molecule has 6 nitrogen and oxygen atoms in total. The van der Waals surface area contributed by atoms with E-state index >= 15 is 0 Å². The molecule has 20 heavy (non-hydrogen) atoms.